The van der Waals surface area contributed by atoms with E-state index in [0.29, 0.717) is 12.8 Å². The third-order valence-corrected chi connectivity index (χ3v) is 4.56. The second-order valence-electron chi connectivity index (χ2n) is 6.58. The Labute approximate surface area is 159 Å². The molecule has 1 N–H and O–H groups in total. The van der Waals surface area contributed by atoms with Crippen molar-refractivity contribution in [3.8, 4) is 11.3 Å². The molecule has 0 bridgehead atoms. The zero-order chi connectivity index (χ0) is 19.2. The molecule has 0 aliphatic heterocycles. The molecule has 1 amide bonds. The Bertz CT molecular complexity index is 962. The minimum atomic E-state index is -0.0182. The Hall–Kier alpha value is -3.01. The lowest BCUT2D eigenvalue weighted by Crippen LogP contribution is -2.09. The molecule has 0 spiro atoms. The van der Waals surface area contributed by atoms with Crippen LogP contribution in [0.2, 0.25) is 0 Å². The highest BCUT2D eigenvalue weighted by Gasteiger charge is 2.13. The van der Waals surface area contributed by atoms with E-state index in [9.17, 15) is 9.59 Å². The van der Waals surface area contributed by atoms with Crippen LogP contribution in [0.15, 0.2) is 54.6 Å². The van der Waals surface area contributed by atoms with Crippen LogP contribution in [0.5, 0.6) is 0 Å². The normalized spacial score (nSPS) is 10.7. The number of benzene rings is 2. The first-order chi connectivity index (χ1) is 13.1. The monoisotopic (exact) mass is 360 g/mol. The van der Waals surface area contributed by atoms with Crippen LogP contribution in [0.3, 0.4) is 0 Å². The molecule has 4 heteroatoms. The first-order valence-electron chi connectivity index (χ1n) is 9.45. The maximum Gasteiger partial charge on any atom is 0.224 e. The van der Waals surface area contributed by atoms with Crippen molar-refractivity contribution in [3.63, 3.8) is 0 Å². The first-order valence-corrected chi connectivity index (χ1v) is 9.45. The van der Waals surface area contributed by atoms with Crippen molar-refractivity contribution in [2.75, 3.05) is 5.32 Å². The molecule has 0 fully saturated rings. The van der Waals surface area contributed by atoms with Gasteiger partial charge >= 0.3 is 0 Å². The third-order valence-electron chi connectivity index (χ3n) is 4.56. The Morgan fingerprint density at radius 2 is 1.74 bits per heavy atom. The molecular formula is C23H24N2O2. The van der Waals surface area contributed by atoms with Crippen LogP contribution in [-0.4, -0.2) is 16.7 Å². The SMILES string of the molecule is CCCCC(=O)c1cc(-c2ccc(NC(=O)CC)cc2)nc2ccccc12. The van der Waals surface area contributed by atoms with Gasteiger partial charge < -0.3 is 5.32 Å². The third kappa shape index (κ3) is 4.40. The molecule has 0 aliphatic carbocycles. The van der Waals surface area contributed by atoms with E-state index < -0.39 is 0 Å². The minimum Gasteiger partial charge on any atom is -0.326 e. The van der Waals surface area contributed by atoms with Gasteiger partial charge in [-0.25, -0.2) is 4.98 Å². The fourth-order valence-corrected chi connectivity index (χ4v) is 3.00. The van der Waals surface area contributed by atoms with Gasteiger partial charge in [-0.05, 0) is 30.7 Å². The summed E-state index contributed by atoms with van der Waals surface area (Å²) in [6.07, 6.45) is 2.87. The second-order valence-corrected chi connectivity index (χ2v) is 6.58. The number of rotatable bonds is 7. The van der Waals surface area contributed by atoms with Gasteiger partial charge in [-0.1, -0.05) is 50.6 Å². The van der Waals surface area contributed by atoms with Crippen LogP contribution in [0.4, 0.5) is 5.69 Å². The summed E-state index contributed by atoms with van der Waals surface area (Å²) in [6.45, 7) is 3.90. The Morgan fingerprint density at radius 3 is 2.44 bits per heavy atom. The predicted molar refractivity (Wildman–Crippen MR) is 110 cm³/mol. The summed E-state index contributed by atoms with van der Waals surface area (Å²) < 4.78 is 0. The number of ketones is 1. The lowest BCUT2D eigenvalue weighted by atomic mass is 9.98. The highest BCUT2D eigenvalue weighted by molar-refractivity contribution is 6.08. The maximum absolute atomic E-state index is 12.7. The summed E-state index contributed by atoms with van der Waals surface area (Å²) in [6, 6.07) is 17.2. The van der Waals surface area contributed by atoms with Crippen molar-refractivity contribution in [3.05, 3.63) is 60.2 Å². The number of anilines is 1. The Morgan fingerprint density at radius 1 is 1.00 bits per heavy atom. The molecule has 0 atom stereocenters. The van der Waals surface area contributed by atoms with Gasteiger partial charge in [0.05, 0.1) is 11.2 Å². The van der Waals surface area contributed by atoms with E-state index in [1.165, 1.54) is 0 Å². The van der Waals surface area contributed by atoms with Gasteiger partial charge in [0.1, 0.15) is 0 Å². The van der Waals surface area contributed by atoms with Crippen molar-refractivity contribution in [2.24, 2.45) is 0 Å². The number of unbranched alkanes of at least 4 members (excludes halogenated alkanes) is 1. The Balaban J connectivity index is 1.99. The van der Waals surface area contributed by atoms with Crippen LogP contribution >= 0.6 is 0 Å². The smallest absolute Gasteiger partial charge is 0.224 e. The first kappa shape index (κ1) is 18.8. The number of pyridine rings is 1. The van der Waals surface area contributed by atoms with Gasteiger partial charge in [-0.2, -0.15) is 0 Å². The molecule has 0 radical (unpaired) electrons. The molecule has 0 aliphatic rings. The lowest BCUT2D eigenvalue weighted by molar-refractivity contribution is -0.115. The zero-order valence-electron chi connectivity index (χ0n) is 15.8. The highest BCUT2D eigenvalue weighted by Crippen LogP contribution is 2.27. The molecule has 3 rings (SSSR count). The number of para-hydroxylation sites is 1. The number of nitrogens with one attached hydrogen (secondary N) is 1. The lowest BCUT2D eigenvalue weighted by Gasteiger charge is -2.10. The second kappa shape index (κ2) is 8.58. The largest absolute Gasteiger partial charge is 0.326 e. The van der Waals surface area contributed by atoms with Crippen molar-refractivity contribution in [1.82, 2.24) is 4.98 Å². The number of amides is 1. The van der Waals surface area contributed by atoms with Gasteiger partial charge in [-0.15, -0.1) is 0 Å². The number of Topliss-reactive ketones (excluding diaryl/α,β-unsaturated/α-hetero) is 1. The quantitative estimate of drug-likeness (QED) is 0.556. The van der Waals surface area contributed by atoms with E-state index in [1.807, 2.05) is 61.5 Å². The van der Waals surface area contributed by atoms with Gasteiger partial charge in [0, 0.05) is 35.0 Å². The van der Waals surface area contributed by atoms with E-state index >= 15 is 0 Å². The summed E-state index contributed by atoms with van der Waals surface area (Å²) in [5, 5.41) is 3.74. The molecule has 0 saturated heterocycles. The number of carbonyl (C=O) groups excluding carboxylic acids is 2. The highest BCUT2D eigenvalue weighted by atomic mass is 16.1. The van der Waals surface area contributed by atoms with Crippen LogP contribution in [-0.2, 0) is 4.79 Å². The molecule has 4 nitrogen and oxygen atoms in total. The minimum absolute atomic E-state index is 0.0182. The van der Waals surface area contributed by atoms with Gasteiger partial charge in [-0.3, -0.25) is 9.59 Å². The van der Waals surface area contributed by atoms with Crippen molar-refractivity contribution < 1.29 is 9.59 Å². The summed E-state index contributed by atoms with van der Waals surface area (Å²) in [5.41, 5.74) is 3.98. The predicted octanol–water partition coefficient (Wildman–Crippen LogP) is 5.62. The number of carbonyl (C=O) groups is 2. The molecule has 0 unspecified atom stereocenters. The van der Waals surface area contributed by atoms with E-state index in [-0.39, 0.29) is 11.7 Å². The van der Waals surface area contributed by atoms with E-state index in [4.69, 9.17) is 4.98 Å². The molecule has 1 aromatic heterocycles. The number of nitrogens with zero attached hydrogens (tertiary/aromatic N) is 1. The number of fused-ring (bicyclic) bond motifs is 1. The molecular weight excluding hydrogens is 336 g/mol. The van der Waals surface area contributed by atoms with Gasteiger partial charge in [0.25, 0.3) is 0 Å². The summed E-state index contributed by atoms with van der Waals surface area (Å²) in [7, 11) is 0. The molecule has 138 valence electrons. The van der Waals surface area contributed by atoms with Crippen LogP contribution < -0.4 is 5.32 Å². The van der Waals surface area contributed by atoms with Crippen molar-refractivity contribution in [1.29, 1.82) is 0 Å². The van der Waals surface area contributed by atoms with Crippen LogP contribution in [0, 0.1) is 0 Å². The molecule has 3 aromatic rings. The average Bonchev–Trinajstić information content (AvgIpc) is 2.71. The molecule has 2 aromatic carbocycles. The topological polar surface area (TPSA) is 59.1 Å². The molecule has 0 saturated carbocycles. The zero-order valence-corrected chi connectivity index (χ0v) is 15.8. The summed E-state index contributed by atoms with van der Waals surface area (Å²) in [4.78, 5) is 29.0. The fourth-order valence-electron chi connectivity index (χ4n) is 3.00. The van der Waals surface area contributed by atoms with E-state index in [0.717, 1.165) is 46.3 Å². The number of hydrogen-bond acceptors (Lipinski definition) is 3. The average molecular weight is 360 g/mol. The summed E-state index contributed by atoms with van der Waals surface area (Å²) >= 11 is 0. The summed E-state index contributed by atoms with van der Waals surface area (Å²) in [5.74, 6) is 0.138. The molecule has 1 heterocycles. The van der Waals surface area contributed by atoms with Gasteiger partial charge in [0.15, 0.2) is 5.78 Å². The fraction of sp³-hybridized carbons (Fsp3) is 0.261. The van der Waals surface area contributed by atoms with Crippen LogP contribution in [0.1, 0.15) is 49.9 Å². The Kier molecular flexibility index (Phi) is 5.97. The number of aromatic nitrogens is 1. The van der Waals surface area contributed by atoms with E-state index in [2.05, 4.69) is 12.2 Å². The molecule has 27 heavy (non-hydrogen) atoms. The van der Waals surface area contributed by atoms with Gasteiger partial charge in [0.2, 0.25) is 5.91 Å². The van der Waals surface area contributed by atoms with Crippen molar-refractivity contribution in [2.45, 2.75) is 39.5 Å². The maximum atomic E-state index is 12.7. The van der Waals surface area contributed by atoms with Crippen LogP contribution in [0.25, 0.3) is 22.2 Å². The number of hydrogen-bond donors (Lipinski definition) is 1. The van der Waals surface area contributed by atoms with E-state index in [1.54, 1.807) is 0 Å². The van der Waals surface area contributed by atoms with Crippen molar-refractivity contribution >= 4 is 28.3 Å². The standard InChI is InChI=1S/C23H24N2O2/c1-3-5-10-22(26)19-15-21(25-20-9-7-6-8-18(19)20)16-11-13-17(14-12-16)24-23(27)4-2/h6-9,11-15H,3-5,10H2,1-2H3,(H,24,27).